The van der Waals surface area contributed by atoms with E-state index in [4.69, 9.17) is 5.11 Å². The van der Waals surface area contributed by atoms with E-state index in [0.717, 1.165) is 4.88 Å². The summed E-state index contributed by atoms with van der Waals surface area (Å²) in [5.41, 5.74) is -0.349. The molecule has 2 N–H and O–H groups in total. The van der Waals surface area contributed by atoms with E-state index < -0.39 is 17.4 Å². The molecule has 0 bridgehead atoms. The van der Waals surface area contributed by atoms with Gasteiger partial charge in [-0.15, -0.1) is 11.3 Å². The zero-order valence-electron chi connectivity index (χ0n) is 12.5. The van der Waals surface area contributed by atoms with E-state index >= 15 is 0 Å². The van der Waals surface area contributed by atoms with Gasteiger partial charge in [0.25, 0.3) is 0 Å². The molecule has 7 heteroatoms. The van der Waals surface area contributed by atoms with E-state index in [1.807, 2.05) is 6.92 Å². The molecule has 21 heavy (non-hydrogen) atoms. The lowest BCUT2D eigenvalue weighted by molar-refractivity contribution is -0.139. The Morgan fingerprint density at radius 2 is 1.95 bits per heavy atom. The lowest BCUT2D eigenvalue weighted by atomic mass is 9.85. The number of amides is 1. The van der Waals surface area contributed by atoms with Crippen LogP contribution in [0.5, 0.6) is 0 Å². The molecule has 116 valence electrons. The highest BCUT2D eigenvalue weighted by Gasteiger charge is 2.26. The van der Waals surface area contributed by atoms with Crippen LogP contribution < -0.4 is 5.32 Å². The fourth-order valence-electron chi connectivity index (χ4n) is 1.95. The topological polar surface area (TPSA) is 92.7 Å². The average Bonchev–Trinajstić information content (AvgIpc) is 2.66. The lowest BCUT2D eigenvalue weighted by Crippen LogP contribution is -2.25. The molecule has 1 aromatic heterocycles. The van der Waals surface area contributed by atoms with E-state index in [1.54, 1.807) is 19.9 Å². The van der Waals surface area contributed by atoms with Crippen LogP contribution in [-0.2, 0) is 14.3 Å². The first-order valence-corrected chi connectivity index (χ1v) is 7.16. The molecule has 0 radical (unpaired) electrons. The van der Waals surface area contributed by atoms with Gasteiger partial charge in [-0.05, 0) is 18.4 Å². The predicted molar refractivity (Wildman–Crippen MR) is 79.7 cm³/mol. The molecular formula is C14H19NO5S. The monoisotopic (exact) mass is 313 g/mol. The number of carboxylic acids is 1. The number of aryl methyl sites for hydroxylation is 1. The largest absolute Gasteiger partial charge is 0.481 e. The third kappa shape index (κ3) is 5.18. The van der Waals surface area contributed by atoms with Crippen molar-refractivity contribution in [3.8, 4) is 0 Å². The van der Waals surface area contributed by atoms with Crippen LogP contribution in [0.15, 0.2) is 6.07 Å². The Balaban J connectivity index is 2.80. The summed E-state index contributed by atoms with van der Waals surface area (Å²) < 4.78 is 4.66. The fourth-order valence-corrected chi connectivity index (χ4v) is 2.86. The van der Waals surface area contributed by atoms with Crippen LogP contribution in [0.25, 0.3) is 0 Å². The number of hydrogen-bond acceptors (Lipinski definition) is 5. The van der Waals surface area contributed by atoms with Gasteiger partial charge in [-0.3, -0.25) is 9.59 Å². The van der Waals surface area contributed by atoms with E-state index in [2.05, 4.69) is 10.1 Å². The number of carboxylic acid groups (broad SMARTS) is 1. The smallest absolute Gasteiger partial charge is 0.340 e. The Kier molecular flexibility index (Phi) is 5.48. The molecule has 0 aromatic carbocycles. The first kappa shape index (κ1) is 17.2. The third-order valence-electron chi connectivity index (χ3n) is 2.78. The van der Waals surface area contributed by atoms with Crippen molar-refractivity contribution in [1.82, 2.24) is 0 Å². The van der Waals surface area contributed by atoms with Crippen molar-refractivity contribution in [2.75, 3.05) is 12.4 Å². The minimum Gasteiger partial charge on any atom is -0.481 e. The standard InChI is InChI=1S/C14H19NO5S/c1-8-5-9(13(19)20-4)12(21-8)15-10(16)6-14(2,3)7-11(17)18/h5H,6-7H2,1-4H3,(H,15,16)(H,17,18). The van der Waals surface area contributed by atoms with Crippen LogP contribution in [0.4, 0.5) is 5.00 Å². The van der Waals surface area contributed by atoms with Gasteiger partial charge in [-0.1, -0.05) is 13.8 Å². The van der Waals surface area contributed by atoms with Crippen LogP contribution in [0.2, 0.25) is 0 Å². The van der Waals surface area contributed by atoms with Crippen molar-refractivity contribution in [2.45, 2.75) is 33.6 Å². The number of thiophene rings is 1. The molecule has 0 unspecified atom stereocenters. The molecule has 1 rings (SSSR count). The van der Waals surface area contributed by atoms with Gasteiger partial charge in [0.05, 0.1) is 19.1 Å². The molecule has 0 aliphatic rings. The predicted octanol–water partition coefficient (Wildman–Crippen LogP) is 2.67. The zero-order chi connectivity index (χ0) is 16.2. The molecule has 1 heterocycles. The van der Waals surface area contributed by atoms with Gasteiger partial charge in [0.1, 0.15) is 5.00 Å². The number of hydrogen-bond donors (Lipinski definition) is 2. The lowest BCUT2D eigenvalue weighted by Gasteiger charge is -2.21. The number of ether oxygens (including phenoxy) is 1. The van der Waals surface area contributed by atoms with E-state index in [1.165, 1.54) is 18.4 Å². The summed E-state index contributed by atoms with van der Waals surface area (Å²) in [4.78, 5) is 35.3. The normalized spacial score (nSPS) is 11.0. The van der Waals surface area contributed by atoms with Crippen LogP contribution in [0.3, 0.4) is 0 Å². The second kappa shape index (κ2) is 6.71. The highest BCUT2D eigenvalue weighted by molar-refractivity contribution is 7.16. The van der Waals surface area contributed by atoms with Gasteiger partial charge in [-0.25, -0.2) is 4.79 Å². The maximum atomic E-state index is 12.0. The molecule has 0 aliphatic heterocycles. The summed E-state index contributed by atoms with van der Waals surface area (Å²) >= 11 is 1.28. The molecule has 1 aromatic rings. The summed E-state index contributed by atoms with van der Waals surface area (Å²) in [7, 11) is 1.27. The fraction of sp³-hybridized carbons (Fsp3) is 0.500. The Morgan fingerprint density at radius 3 is 2.48 bits per heavy atom. The molecule has 6 nitrogen and oxygen atoms in total. The zero-order valence-corrected chi connectivity index (χ0v) is 13.3. The summed E-state index contributed by atoms with van der Waals surface area (Å²) in [6.07, 6.45) is -0.0510. The number of anilines is 1. The van der Waals surface area contributed by atoms with Crippen LogP contribution in [-0.4, -0.2) is 30.1 Å². The Labute approximate surface area is 127 Å². The van der Waals surface area contributed by atoms with Crippen LogP contribution in [0.1, 0.15) is 41.9 Å². The van der Waals surface area contributed by atoms with Gasteiger partial charge in [0.15, 0.2) is 0 Å². The molecule has 0 aliphatic carbocycles. The SMILES string of the molecule is COC(=O)c1cc(C)sc1NC(=O)CC(C)(C)CC(=O)O. The third-order valence-corrected chi connectivity index (χ3v) is 3.75. The average molecular weight is 313 g/mol. The number of carbonyl (C=O) groups excluding carboxylic acids is 2. The Hall–Kier alpha value is -1.89. The highest BCUT2D eigenvalue weighted by atomic mass is 32.1. The summed E-state index contributed by atoms with van der Waals surface area (Å²) in [6, 6.07) is 1.65. The number of rotatable bonds is 6. The van der Waals surface area contributed by atoms with E-state index in [9.17, 15) is 14.4 Å². The maximum Gasteiger partial charge on any atom is 0.340 e. The number of aliphatic carboxylic acids is 1. The maximum absolute atomic E-state index is 12.0. The van der Waals surface area contributed by atoms with Crippen molar-refractivity contribution in [3.63, 3.8) is 0 Å². The van der Waals surface area contributed by atoms with Gasteiger partial charge in [0.2, 0.25) is 5.91 Å². The minimum absolute atomic E-state index is 0.0524. The molecular weight excluding hydrogens is 294 g/mol. The first-order valence-electron chi connectivity index (χ1n) is 6.35. The van der Waals surface area contributed by atoms with Gasteiger partial charge in [0, 0.05) is 11.3 Å². The van der Waals surface area contributed by atoms with Crippen molar-refractivity contribution < 1.29 is 24.2 Å². The van der Waals surface area contributed by atoms with Crippen molar-refractivity contribution in [1.29, 1.82) is 0 Å². The Bertz CT molecular complexity index is 562. The van der Waals surface area contributed by atoms with Crippen molar-refractivity contribution in [2.24, 2.45) is 5.41 Å². The number of esters is 1. The minimum atomic E-state index is -0.949. The number of methoxy groups -OCH3 is 1. The summed E-state index contributed by atoms with van der Waals surface area (Å²) in [5, 5.41) is 11.9. The van der Waals surface area contributed by atoms with Crippen molar-refractivity contribution >= 4 is 34.2 Å². The Morgan fingerprint density at radius 1 is 1.33 bits per heavy atom. The summed E-state index contributed by atoms with van der Waals surface area (Å²) in [5.74, 6) is -1.79. The first-order chi connectivity index (χ1) is 9.64. The van der Waals surface area contributed by atoms with E-state index in [0.29, 0.717) is 10.6 Å². The summed E-state index contributed by atoms with van der Waals surface area (Å²) in [6.45, 7) is 5.24. The van der Waals surface area contributed by atoms with Gasteiger partial charge in [-0.2, -0.15) is 0 Å². The highest BCUT2D eigenvalue weighted by Crippen LogP contribution is 2.30. The number of nitrogens with one attached hydrogen (secondary N) is 1. The molecule has 0 fully saturated rings. The number of carbonyl (C=O) groups is 3. The second-order valence-corrected chi connectivity index (χ2v) is 6.81. The molecule has 0 atom stereocenters. The van der Waals surface area contributed by atoms with Crippen LogP contribution >= 0.6 is 11.3 Å². The molecule has 0 spiro atoms. The van der Waals surface area contributed by atoms with Gasteiger partial charge < -0.3 is 15.2 Å². The van der Waals surface area contributed by atoms with Crippen molar-refractivity contribution in [3.05, 3.63) is 16.5 Å². The second-order valence-electron chi connectivity index (χ2n) is 5.55. The quantitative estimate of drug-likeness (QED) is 0.788. The van der Waals surface area contributed by atoms with E-state index in [-0.39, 0.29) is 18.7 Å². The molecule has 0 saturated carbocycles. The molecule has 1 amide bonds. The van der Waals surface area contributed by atoms with Gasteiger partial charge >= 0.3 is 11.9 Å². The molecule has 0 saturated heterocycles. The van der Waals surface area contributed by atoms with Crippen LogP contribution in [0, 0.1) is 12.3 Å².